The van der Waals surface area contributed by atoms with Gasteiger partial charge >= 0.3 is 12.1 Å². The molecule has 0 aromatic carbocycles. The van der Waals surface area contributed by atoms with Crippen LogP contribution in [0.5, 0.6) is 5.75 Å². The molecule has 1 aromatic rings. The molecule has 1 heterocycles. The second kappa shape index (κ2) is 7.68. The molecule has 0 saturated carbocycles. The second-order valence-electron chi connectivity index (χ2n) is 5.16. The van der Waals surface area contributed by atoms with Crippen LogP contribution in [0.15, 0.2) is 23.8 Å². The van der Waals surface area contributed by atoms with Gasteiger partial charge in [0.1, 0.15) is 16.2 Å². The number of carboxylic acids is 1. The summed E-state index contributed by atoms with van der Waals surface area (Å²) in [5.41, 5.74) is -0.510. The number of rotatable bonds is 6. The first-order valence-corrected chi connectivity index (χ1v) is 7.26. The van der Waals surface area contributed by atoms with Crippen molar-refractivity contribution in [2.45, 2.75) is 32.8 Å². The lowest BCUT2D eigenvalue weighted by Gasteiger charge is -2.19. The third-order valence-electron chi connectivity index (χ3n) is 2.07. The van der Waals surface area contributed by atoms with Crippen molar-refractivity contribution in [2.24, 2.45) is 0 Å². The summed E-state index contributed by atoms with van der Waals surface area (Å²) in [7, 11) is 0. The number of carbonyl (C=O) groups excluding carboxylic acids is 1. The van der Waals surface area contributed by atoms with E-state index >= 15 is 0 Å². The van der Waals surface area contributed by atoms with Crippen LogP contribution in [0.1, 0.15) is 36.9 Å². The van der Waals surface area contributed by atoms with Crippen LogP contribution in [-0.4, -0.2) is 29.3 Å². The maximum Gasteiger partial charge on any atom is 0.407 e. The number of hydrogen-bond acceptors (Lipinski definition) is 5. The summed E-state index contributed by atoms with van der Waals surface area (Å²) in [4.78, 5) is 22.2. The van der Waals surface area contributed by atoms with Gasteiger partial charge in [0.05, 0.1) is 6.26 Å². The molecule has 0 aliphatic carbocycles. The number of hydrogen-bond donors (Lipinski definition) is 2. The van der Waals surface area contributed by atoms with Gasteiger partial charge in [-0.25, -0.2) is 9.59 Å². The van der Waals surface area contributed by atoms with Crippen molar-refractivity contribution in [1.29, 1.82) is 0 Å². The molecular weight excluding hydrogens is 294 g/mol. The maximum atomic E-state index is 11.3. The summed E-state index contributed by atoms with van der Waals surface area (Å²) in [6, 6.07) is 1.45. The van der Waals surface area contributed by atoms with Crippen LogP contribution in [0, 0.1) is 0 Å². The normalized spacial score (nSPS) is 11.4. The van der Waals surface area contributed by atoms with Crippen molar-refractivity contribution in [1.82, 2.24) is 5.32 Å². The first-order valence-electron chi connectivity index (χ1n) is 6.38. The van der Waals surface area contributed by atoms with E-state index in [0.29, 0.717) is 18.7 Å². The molecule has 0 atom stereocenters. The predicted octanol–water partition coefficient (Wildman–Crippen LogP) is 3.25. The van der Waals surface area contributed by atoms with Crippen molar-refractivity contribution in [3.8, 4) is 5.75 Å². The Kier molecular flexibility index (Phi) is 6.23. The number of nitrogens with one attached hydrogen (secondary N) is 1. The lowest BCUT2D eigenvalue weighted by Crippen LogP contribution is -2.32. The fourth-order valence-electron chi connectivity index (χ4n) is 1.26. The summed E-state index contributed by atoms with van der Waals surface area (Å²) in [5, 5.41) is 13.0. The van der Waals surface area contributed by atoms with Gasteiger partial charge in [-0.3, -0.25) is 0 Å². The van der Waals surface area contributed by atoms with Crippen molar-refractivity contribution in [3.63, 3.8) is 0 Å². The van der Waals surface area contributed by atoms with E-state index in [2.05, 4.69) is 5.32 Å². The monoisotopic (exact) mass is 313 g/mol. The zero-order valence-electron chi connectivity index (χ0n) is 12.2. The second-order valence-corrected chi connectivity index (χ2v) is 6.07. The molecule has 0 saturated heterocycles. The molecule has 0 spiro atoms. The third-order valence-corrected chi connectivity index (χ3v) is 2.96. The first kappa shape index (κ1) is 17.0. The van der Waals surface area contributed by atoms with Gasteiger partial charge in [-0.1, -0.05) is 0 Å². The van der Waals surface area contributed by atoms with Gasteiger partial charge in [0.2, 0.25) is 0 Å². The Morgan fingerprint density at radius 1 is 1.43 bits per heavy atom. The standard InChI is InChI=1S/C14H19NO5S/c1-14(2,3)20-13(18)15-6-4-5-7-19-10-8-11(12(16)17)21-9-10/h5,7-9H,4,6H2,1-3H3,(H,15,18)(H,16,17)/b7-5-. The molecule has 0 bridgehead atoms. The summed E-state index contributed by atoms with van der Waals surface area (Å²) in [6.07, 6.45) is 3.32. The molecule has 1 amide bonds. The van der Waals surface area contributed by atoms with Crippen LogP contribution in [-0.2, 0) is 4.74 Å². The fraction of sp³-hybridized carbons (Fsp3) is 0.429. The third kappa shape index (κ3) is 7.36. The number of alkyl carbamates (subject to hydrolysis) is 1. The van der Waals surface area contributed by atoms with Gasteiger partial charge in [-0.15, -0.1) is 11.3 Å². The Morgan fingerprint density at radius 2 is 2.14 bits per heavy atom. The van der Waals surface area contributed by atoms with Gasteiger partial charge in [0.25, 0.3) is 0 Å². The minimum atomic E-state index is -0.972. The molecule has 1 rings (SSSR count). The minimum Gasteiger partial charge on any atom is -0.477 e. The maximum absolute atomic E-state index is 11.3. The number of carbonyl (C=O) groups is 2. The van der Waals surface area contributed by atoms with Crippen LogP contribution < -0.4 is 10.1 Å². The molecule has 6 nitrogen and oxygen atoms in total. The molecule has 0 radical (unpaired) electrons. The van der Waals surface area contributed by atoms with E-state index < -0.39 is 17.7 Å². The van der Waals surface area contributed by atoms with E-state index in [0.717, 1.165) is 11.3 Å². The van der Waals surface area contributed by atoms with Gasteiger partial charge in [0.15, 0.2) is 0 Å². The van der Waals surface area contributed by atoms with E-state index in [9.17, 15) is 9.59 Å². The number of carboxylic acid groups (broad SMARTS) is 1. The van der Waals surface area contributed by atoms with Crippen LogP contribution in [0.2, 0.25) is 0 Å². The Balaban J connectivity index is 2.20. The van der Waals surface area contributed by atoms with Crippen molar-refractivity contribution < 1.29 is 24.2 Å². The smallest absolute Gasteiger partial charge is 0.407 e. The highest BCUT2D eigenvalue weighted by Crippen LogP contribution is 2.21. The van der Waals surface area contributed by atoms with Crippen LogP contribution >= 0.6 is 11.3 Å². The Morgan fingerprint density at radius 3 is 2.71 bits per heavy atom. The number of aromatic carboxylic acids is 1. The van der Waals surface area contributed by atoms with E-state index in [1.807, 2.05) is 0 Å². The van der Waals surface area contributed by atoms with Crippen LogP contribution in [0.4, 0.5) is 4.79 Å². The molecule has 0 fully saturated rings. The minimum absolute atomic E-state index is 0.227. The average Bonchev–Trinajstić information content (AvgIpc) is 2.80. The molecule has 2 N–H and O–H groups in total. The Hall–Kier alpha value is -2.02. The van der Waals surface area contributed by atoms with E-state index in [-0.39, 0.29) is 4.88 Å². The first-order chi connectivity index (χ1) is 9.78. The lowest BCUT2D eigenvalue weighted by molar-refractivity contribution is 0.0528. The van der Waals surface area contributed by atoms with Crippen LogP contribution in [0.3, 0.4) is 0 Å². The van der Waals surface area contributed by atoms with Crippen LogP contribution in [0.25, 0.3) is 0 Å². The van der Waals surface area contributed by atoms with E-state index in [4.69, 9.17) is 14.6 Å². The van der Waals surface area contributed by atoms with E-state index in [1.165, 1.54) is 12.3 Å². The average molecular weight is 313 g/mol. The summed E-state index contributed by atoms with van der Waals surface area (Å²) in [5.74, 6) is -0.492. The molecule has 116 valence electrons. The highest BCUT2D eigenvalue weighted by Gasteiger charge is 2.15. The molecular formula is C14H19NO5S. The summed E-state index contributed by atoms with van der Waals surface area (Å²) < 4.78 is 10.3. The summed E-state index contributed by atoms with van der Waals surface area (Å²) >= 11 is 1.10. The quantitative estimate of drug-likeness (QED) is 0.622. The topological polar surface area (TPSA) is 84.9 Å². The SMILES string of the molecule is CC(C)(C)OC(=O)NCC/C=C\Oc1csc(C(=O)O)c1. The predicted molar refractivity (Wildman–Crippen MR) is 79.9 cm³/mol. The highest BCUT2D eigenvalue weighted by molar-refractivity contribution is 7.12. The number of ether oxygens (including phenoxy) is 2. The molecule has 0 aliphatic rings. The van der Waals surface area contributed by atoms with E-state index in [1.54, 1.807) is 32.2 Å². The van der Waals surface area contributed by atoms with Crippen molar-refractivity contribution in [2.75, 3.05) is 6.54 Å². The number of amides is 1. The zero-order chi connectivity index (χ0) is 15.9. The molecule has 1 aromatic heterocycles. The Labute approximate surface area is 127 Å². The van der Waals surface area contributed by atoms with Gasteiger partial charge < -0.3 is 19.9 Å². The fourth-order valence-corrected chi connectivity index (χ4v) is 1.91. The Bertz CT molecular complexity index is 516. The highest BCUT2D eigenvalue weighted by atomic mass is 32.1. The van der Waals surface area contributed by atoms with Gasteiger partial charge in [-0.05, 0) is 33.3 Å². The zero-order valence-corrected chi connectivity index (χ0v) is 13.0. The van der Waals surface area contributed by atoms with Gasteiger partial charge in [0, 0.05) is 18.0 Å². The van der Waals surface area contributed by atoms with Gasteiger partial charge in [-0.2, -0.15) is 0 Å². The molecule has 21 heavy (non-hydrogen) atoms. The summed E-state index contributed by atoms with van der Waals surface area (Å²) in [6.45, 7) is 5.82. The lowest BCUT2D eigenvalue weighted by atomic mass is 10.2. The number of thiophene rings is 1. The molecule has 0 unspecified atom stereocenters. The van der Waals surface area contributed by atoms with Crippen molar-refractivity contribution in [3.05, 3.63) is 28.7 Å². The van der Waals surface area contributed by atoms with Crippen molar-refractivity contribution >= 4 is 23.4 Å². The largest absolute Gasteiger partial charge is 0.477 e. The molecule has 0 aliphatic heterocycles. The molecule has 7 heteroatoms.